The van der Waals surface area contributed by atoms with Crippen LogP contribution in [0.4, 0.5) is 0 Å². The van der Waals surface area contributed by atoms with Crippen LogP contribution in [0.3, 0.4) is 0 Å². The highest BCUT2D eigenvalue weighted by Gasteiger charge is 2.27. The SMILES string of the molecule is CC(C)(C)c1ccc(-c2cc3c(cc2C2=CCC(C(C)(C)C)C=C2)c2cc(-c4ccc(C(C)(C)C)cc4)c(-c4ccc(C(C)(C)C)cc4)cc2c2cc(-c4ccc(C(C)(C)C)cc4)c(-c4ccc(C(C)(C)C)cc4)cc32)cc1. The van der Waals surface area contributed by atoms with Crippen LogP contribution in [-0.2, 0) is 27.1 Å². The van der Waals surface area contributed by atoms with E-state index in [1.807, 2.05) is 0 Å². The van der Waals surface area contributed by atoms with Crippen molar-refractivity contribution < 1.29 is 0 Å². The van der Waals surface area contributed by atoms with Crippen molar-refractivity contribution in [3.8, 4) is 55.6 Å². The second-order valence-electron chi connectivity index (χ2n) is 29.2. The van der Waals surface area contributed by atoms with Gasteiger partial charge in [0.15, 0.2) is 0 Å². The maximum atomic E-state index is 2.57. The topological polar surface area (TPSA) is 0 Å². The molecular formula is C78H86. The summed E-state index contributed by atoms with van der Waals surface area (Å²) in [6, 6.07) is 62.4. The summed E-state index contributed by atoms with van der Waals surface area (Å²) in [6.07, 6.45) is 8.44. The summed E-state index contributed by atoms with van der Waals surface area (Å²) < 4.78 is 0. The van der Waals surface area contributed by atoms with Crippen LogP contribution in [0, 0.1) is 11.3 Å². The zero-order valence-corrected chi connectivity index (χ0v) is 50.5. The summed E-state index contributed by atoms with van der Waals surface area (Å²) >= 11 is 0. The van der Waals surface area contributed by atoms with Gasteiger partial charge in [-0.05, 0) is 208 Å². The third kappa shape index (κ3) is 10.7. The Bertz CT molecular complexity index is 3670. The summed E-state index contributed by atoms with van der Waals surface area (Å²) in [5.74, 6) is 0.471. The lowest BCUT2D eigenvalue weighted by Gasteiger charge is -2.30. The van der Waals surface area contributed by atoms with E-state index in [9.17, 15) is 0 Å². The van der Waals surface area contributed by atoms with Crippen molar-refractivity contribution in [3.05, 3.63) is 209 Å². The molecule has 0 aromatic heterocycles. The minimum absolute atomic E-state index is 0.0380. The fourth-order valence-corrected chi connectivity index (χ4v) is 11.8. The van der Waals surface area contributed by atoms with E-state index in [0.717, 1.165) is 6.42 Å². The Labute approximate surface area is 469 Å². The maximum Gasteiger partial charge on any atom is -0.00921 e. The molecule has 10 rings (SSSR count). The third-order valence-electron chi connectivity index (χ3n) is 17.2. The van der Waals surface area contributed by atoms with Gasteiger partial charge in [-0.25, -0.2) is 0 Å². The summed E-state index contributed by atoms with van der Waals surface area (Å²) in [5.41, 5.74) is 22.0. The highest BCUT2D eigenvalue weighted by atomic mass is 14.3. The van der Waals surface area contributed by atoms with Crippen molar-refractivity contribution in [2.45, 2.75) is 158 Å². The molecule has 0 radical (unpaired) electrons. The standard InChI is InChI=1S/C78H86/c1-73(2,3)55-31-19-49(20-32-55)61-43-67-68(44-62(61)50-21-33-56(34-22-50)74(4,5)6)70-46-64(52-25-37-58(38-26-52)76(10,11)12)66(54-29-41-60(42-30-54)78(16,17)18)48-72(70)71-47-65(53-27-39-59(40-28-53)77(13,14)15)63(45-69(67)71)51-23-35-57(36-24-51)75(7,8)9/h19-41,43-48,60H,42H2,1-18H3. The first-order valence-electron chi connectivity index (χ1n) is 28.9. The van der Waals surface area contributed by atoms with Crippen LogP contribution in [0.15, 0.2) is 176 Å². The molecule has 0 bridgehead atoms. The molecule has 0 saturated heterocycles. The van der Waals surface area contributed by atoms with Gasteiger partial charge in [-0.2, -0.15) is 0 Å². The van der Waals surface area contributed by atoms with Gasteiger partial charge in [-0.3, -0.25) is 0 Å². The minimum Gasteiger partial charge on any atom is -0.0800 e. The second kappa shape index (κ2) is 19.6. The number of fused-ring (bicyclic) bond motifs is 6. The summed E-state index contributed by atoms with van der Waals surface area (Å²) in [4.78, 5) is 0. The van der Waals surface area contributed by atoms with E-state index >= 15 is 0 Å². The molecule has 0 fully saturated rings. The number of benzene rings is 9. The van der Waals surface area contributed by atoms with Crippen molar-refractivity contribution in [2.75, 3.05) is 0 Å². The first-order chi connectivity index (χ1) is 36.4. The number of hydrogen-bond donors (Lipinski definition) is 0. The van der Waals surface area contributed by atoms with Crippen LogP contribution >= 0.6 is 0 Å². The van der Waals surface area contributed by atoms with Gasteiger partial charge in [0.05, 0.1) is 0 Å². The zero-order chi connectivity index (χ0) is 56.1. The summed E-state index contributed by atoms with van der Waals surface area (Å²) in [6.45, 7) is 41.7. The van der Waals surface area contributed by atoms with E-state index < -0.39 is 0 Å². The molecule has 0 heteroatoms. The molecule has 9 aromatic carbocycles. The lowest BCUT2D eigenvalue weighted by atomic mass is 9.75. The highest BCUT2D eigenvalue weighted by Crippen LogP contribution is 2.49. The molecule has 78 heavy (non-hydrogen) atoms. The summed E-state index contributed by atoms with van der Waals surface area (Å²) in [7, 11) is 0. The average molecular weight is 1020 g/mol. The molecule has 1 unspecified atom stereocenters. The van der Waals surface area contributed by atoms with Crippen molar-refractivity contribution >= 4 is 37.9 Å². The molecule has 0 amide bonds. The normalized spacial score (nSPS) is 14.9. The largest absolute Gasteiger partial charge is 0.0800 e. The van der Waals surface area contributed by atoms with Gasteiger partial charge >= 0.3 is 0 Å². The number of allylic oxidation sites excluding steroid dienone is 4. The second-order valence-corrected chi connectivity index (χ2v) is 29.2. The molecule has 0 spiro atoms. The maximum absolute atomic E-state index is 2.57. The van der Waals surface area contributed by atoms with Gasteiger partial charge in [0.2, 0.25) is 0 Å². The molecule has 0 nitrogen and oxygen atoms in total. The van der Waals surface area contributed by atoms with Crippen LogP contribution in [0.25, 0.3) is 93.5 Å². The summed E-state index contributed by atoms with van der Waals surface area (Å²) in [5, 5.41) is 7.59. The molecule has 1 aliphatic rings. The Morgan fingerprint density at radius 1 is 0.269 bits per heavy atom. The number of rotatable bonds is 6. The van der Waals surface area contributed by atoms with Crippen molar-refractivity contribution in [1.29, 1.82) is 0 Å². The molecule has 0 saturated carbocycles. The van der Waals surface area contributed by atoms with Crippen LogP contribution in [-0.4, -0.2) is 0 Å². The van der Waals surface area contributed by atoms with Crippen LogP contribution < -0.4 is 0 Å². The molecule has 1 atom stereocenters. The average Bonchev–Trinajstić information content (AvgIpc) is 3.56. The fraction of sp³-hybridized carbons (Fsp3) is 0.333. The van der Waals surface area contributed by atoms with E-state index in [4.69, 9.17) is 0 Å². The molecule has 398 valence electrons. The van der Waals surface area contributed by atoms with Crippen LogP contribution in [0.2, 0.25) is 0 Å². The zero-order valence-electron chi connectivity index (χ0n) is 50.5. The molecule has 1 aliphatic carbocycles. The molecule has 0 aliphatic heterocycles. The Hall–Kier alpha value is -6.76. The van der Waals surface area contributed by atoms with Crippen molar-refractivity contribution in [2.24, 2.45) is 11.3 Å². The lowest BCUT2D eigenvalue weighted by Crippen LogP contribution is -2.19. The Kier molecular flexibility index (Phi) is 13.7. The molecule has 9 aromatic rings. The first kappa shape index (κ1) is 54.6. The Morgan fingerprint density at radius 2 is 0.474 bits per heavy atom. The van der Waals surface area contributed by atoms with Crippen LogP contribution in [0.5, 0.6) is 0 Å². The first-order valence-corrected chi connectivity index (χ1v) is 28.9. The third-order valence-corrected chi connectivity index (χ3v) is 17.2. The molecule has 0 heterocycles. The predicted molar refractivity (Wildman–Crippen MR) is 344 cm³/mol. The smallest absolute Gasteiger partial charge is 0.00921 e. The Balaban J connectivity index is 1.38. The molecule has 0 N–H and O–H groups in total. The van der Waals surface area contributed by atoms with Gasteiger partial charge in [0.1, 0.15) is 0 Å². The van der Waals surface area contributed by atoms with E-state index in [2.05, 4.69) is 301 Å². The number of hydrogen-bond acceptors (Lipinski definition) is 0. The predicted octanol–water partition coefficient (Wildman–Crippen LogP) is 23.0. The monoisotopic (exact) mass is 1020 g/mol. The highest BCUT2D eigenvalue weighted by molar-refractivity contribution is 6.29. The van der Waals surface area contributed by atoms with E-state index in [0.29, 0.717) is 5.92 Å². The fourth-order valence-electron chi connectivity index (χ4n) is 11.8. The minimum atomic E-state index is 0.0380. The molecular weight excluding hydrogens is 937 g/mol. The Morgan fingerprint density at radius 3 is 0.654 bits per heavy atom. The van der Waals surface area contributed by atoms with Gasteiger partial charge < -0.3 is 0 Å². The quantitative estimate of drug-likeness (QED) is 0.146. The van der Waals surface area contributed by atoms with Crippen molar-refractivity contribution in [3.63, 3.8) is 0 Å². The van der Waals surface area contributed by atoms with Gasteiger partial charge in [0.25, 0.3) is 0 Å². The van der Waals surface area contributed by atoms with Gasteiger partial charge in [-0.15, -0.1) is 0 Å². The van der Waals surface area contributed by atoms with Gasteiger partial charge in [0, 0.05) is 0 Å². The van der Waals surface area contributed by atoms with E-state index in [1.54, 1.807) is 0 Å². The van der Waals surface area contributed by atoms with Crippen LogP contribution in [0.1, 0.15) is 164 Å². The van der Waals surface area contributed by atoms with Gasteiger partial charge in [-0.1, -0.05) is 264 Å². The van der Waals surface area contributed by atoms with E-state index in [1.165, 1.54) is 127 Å². The lowest BCUT2D eigenvalue weighted by molar-refractivity contribution is 0.294. The van der Waals surface area contributed by atoms with Crippen molar-refractivity contribution in [1.82, 2.24) is 0 Å². The van der Waals surface area contributed by atoms with E-state index in [-0.39, 0.29) is 32.5 Å².